The topological polar surface area (TPSA) is 73.8 Å². The maximum Gasteiger partial charge on any atom is 0.253 e. The quantitative estimate of drug-likeness (QED) is 0.762. The van der Waals surface area contributed by atoms with E-state index in [0.717, 1.165) is 25.2 Å². The predicted molar refractivity (Wildman–Crippen MR) is 112 cm³/mol. The number of hydrogen-bond donors (Lipinski definition) is 0. The number of carbonyl (C=O) groups is 1. The average molecular weight is 415 g/mol. The zero-order valence-electron chi connectivity index (χ0n) is 16.8. The van der Waals surface area contributed by atoms with E-state index < -0.39 is 10.0 Å². The molecule has 1 aromatic carbocycles. The van der Waals surface area contributed by atoms with Crippen LogP contribution in [0.4, 0.5) is 5.69 Å². The van der Waals surface area contributed by atoms with Gasteiger partial charge in [0.05, 0.1) is 11.9 Å². The summed E-state index contributed by atoms with van der Waals surface area (Å²) in [6, 6.07) is 9.30. The van der Waals surface area contributed by atoms with Crippen molar-refractivity contribution in [3.63, 3.8) is 0 Å². The fraction of sp³-hybridized carbons (Fsp3) is 0.429. The third-order valence-electron chi connectivity index (χ3n) is 5.65. The fourth-order valence-electron chi connectivity index (χ4n) is 4.28. The summed E-state index contributed by atoms with van der Waals surface area (Å²) in [5.74, 6) is 0.0156. The molecule has 0 aliphatic carbocycles. The first-order valence-electron chi connectivity index (χ1n) is 9.86. The molecule has 1 aromatic heterocycles. The van der Waals surface area contributed by atoms with Gasteiger partial charge in [0.15, 0.2) is 0 Å². The molecule has 1 atom stereocenters. The van der Waals surface area contributed by atoms with Crippen LogP contribution >= 0.6 is 0 Å². The molecule has 1 amide bonds. The first-order valence-corrected chi connectivity index (χ1v) is 11.7. The van der Waals surface area contributed by atoms with Crippen LogP contribution in [-0.2, 0) is 23.0 Å². The predicted octanol–water partition coefficient (Wildman–Crippen LogP) is 1.75. The molecule has 1 saturated heterocycles. The highest BCUT2D eigenvalue weighted by atomic mass is 32.2. The van der Waals surface area contributed by atoms with Crippen molar-refractivity contribution in [2.75, 3.05) is 36.7 Å². The van der Waals surface area contributed by atoms with Gasteiger partial charge in [0, 0.05) is 56.7 Å². The Morgan fingerprint density at radius 1 is 1.10 bits per heavy atom. The Morgan fingerprint density at radius 2 is 1.79 bits per heavy atom. The van der Waals surface area contributed by atoms with E-state index in [0.29, 0.717) is 30.8 Å². The third-order valence-corrected chi connectivity index (χ3v) is 6.92. The van der Waals surface area contributed by atoms with Crippen molar-refractivity contribution < 1.29 is 13.2 Å². The molecule has 0 bridgehead atoms. The number of benzene rings is 1. The molecular formula is C21H26N4O3S. The first-order chi connectivity index (χ1) is 13.8. The maximum atomic E-state index is 13.0. The molecule has 0 radical (unpaired) electrons. The SMILES string of the molecule is C[C@@H]1Cc2cc(C(=O)N3CCN(Cc4ccncc4)CC3)ccc2N1S(C)(=O)=O. The van der Waals surface area contributed by atoms with Crippen LogP contribution in [0.25, 0.3) is 0 Å². The minimum atomic E-state index is -3.32. The van der Waals surface area contributed by atoms with Crippen LogP contribution in [-0.4, -0.2) is 67.6 Å². The van der Waals surface area contributed by atoms with Crippen molar-refractivity contribution in [1.82, 2.24) is 14.8 Å². The first kappa shape index (κ1) is 19.8. The van der Waals surface area contributed by atoms with Crippen LogP contribution in [0.2, 0.25) is 0 Å². The van der Waals surface area contributed by atoms with Gasteiger partial charge in [0.1, 0.15) is 0 Å². The molecule has 0 unspecified atom stereocenters. The molecule has 2 aromatic rings. The van der Waals surface area contributed by atoms with E-state index in [1.54, 1.807) is 24.5 Å². The summed E-state index contributed by atoms with van der Waals surface area (Å²) in [6.07, 6.45) is 5.45. The Balaban J connectivity index is 1.42. The molecule has 0 N–H and O–H groups in total. The van der Waals surface area contributed by atoms with Gasteiger partial charge in [-0.25, -0.2) is 8.42 Å². The molecule has 2 aliphatic heterocycles. The highest BCUT2D eigenvalue weighted by Gasteiger charge is 2.33. The van der Waals surface area contributed by atoms with Crippen LogP contribution in [0.5, 0.6) is 0 Å². The lowest BCUT2D eigenvalue weighted by Crippen LogP contribution is -2.48. The monoisotopic (exact) mass is 414 g/mol. The van der Waals surface area contributed by atoms with Crippen molar-refractivity contribution in [2.24, 2.45) is 0 Å². The number of rotatable bonds is 4. The summed E-state index contributed by atoms with van der Waals surface area (Å²) in [6.45, 7) is 5.79. The van der Waals surface area contributed by atoms with Crippen molar-refractivity contribution >= 4 is 21.6 Å². The van der Waals surface area contributed by atoms with E-state index in [2.05, 4.69) is 9.88 Å². The van der Waals surface area contributed by atoms with E-state index in [1.165, 1.54) is 16.1 Å². The van der Waals surface area contributed by atoms with Gasteiger partial charge >= 0.3 is 0 Å². The second-order valence-electron chi connectivity index (χ2n) is 7.88. The number of fused-ring (bicyclic) bond motifs is 1. The molecular weight excluding hydrogens is 388 g/mol. The number of anilines is 1. The summed E-state index contributed by atoms with van der Waals surface area (Å²) < 4.78 is 25.6. The summed E-state index contributed by atoms with van der Waals surface area (Å²) in [4.78, 5) is 21.3. The summed E-state index contributed by atoms with van der Waals surface area (Å²) in [5.41, 5.74) is 3.47. The zero-order chi connectivity index (χ0) is 20.6. The highest BCUT2D eigenvalue weighted by Crippen LogP contribution is 2.35. The molecule has 7 nitrogen and oxygen atoms in total. The third kappa shape index (κ3) is 4.13. The summed E-state index contributed by atoms with van der Waals surface area (Å²) in [7, 11) is -3.32. The van der Waals surface area contributed by atoms with Crippen LogP contribution < -0.4 is 4.31 Å². The van der Waals surface area contributed by atoms with Crippen LogP contribution in [0, 0.1) is 0 Å². The van der Waals surface area contributed by atoms with Gasteiger partial charge < -0.3 is 4.90 Å². The Bertz CT molecular complexity index is 1000. The number of amides is 1. The standard InChI is InChI=1S/C21H26N4O3S/c1-16-13-19-14-18(3-4-20(19)25(16)29(2,27)28)21(26)24-11-9-23(10-12-24)15-17-5-7-22-8-6-17/h3-8,14,16H,9-13,15H2,1-2H3/t16-/m1/s1. The van der Waals surface area contributed by atoms with Gasteiger partial charge in [0.2, 0.25) is 10.0 Å². The molecule has 1 fully saturated rings. The smallest absolute Gasteiger partial charge is 0.253 e. The van der Waals surface area contributed by atoms with Crippen molar-refractivity contribution in [1.29, 1.82) is 0 Å². The van der Waals surface area contributed by atoms with Crippen LogP contribution in [0.15, 0.2) is 42.7 Å². The number of sulfonamides is 1. The van der Waals surface area contributed by atoms with Gasteiger partial charge in [-0.05, 0) is 54.8 Å². The number of nitrogens with zero attached hydrogens (tertiary/aromatic N) is 4. The van der Waals surface area contributed by atoms with Crippen molar-refractivity contribution in [3.05, 3.63) is 59.4 Å². The Morgan fingerprint density at radius 3 is 2.45 bits per heavy atom. The molecule has 0 spiro atoms. The zero-order valence-corrected chi connectivity index (χ0v) is 17.6. The second kappa shape index (κ2) is 7.76. The Kier molecular flexibility index (Phi) is 5.31. The van der Waals surface area contributed by atoms with E-state index in [9.17, 15) is 13.2 Å². The van der Waals surface area contributed by atoms with Gasteiger partial charge in [-0.1, -0.05) is 0 Å². The molecule has 154 valence electrons. The van der Waals surface area contributed by atoms with Crippen LogP contribution in [0.3, 0.4) is 0 Å². The normalized spacial score (nSPS) is 20.0. The number of piperazine rings is 1. The van der Waals surface area contributed by atoms with Crippen molar-refractivity contribution in [3.8, 4) is 0 Å². The minimum Gasteiger partial charge on any atom is -0.336 e. The lowest BCUT2D eigenvalue weighted by atomic mass is 10.1. The number of aromatic nitrogens is 1. The van der Waals surface area contributed by atoms with Crippen molar-refractivity contribution in [2.45, 2.75) is 25.9 Å². The van der Waals surface area contributed by atoms with Gasteiger partial charge in [0.25, 0.3) is 5.91 Å². The molecule has 2 aliphatic rings. The van der Waals surface area contributed by atoms with Gasteiger partial charge in [-0.2, -0.15) is 0 Å². The van der Waals surface area contributed by atoms with E-state index in [-0.39, 0.29) is 11.9 Å². The molecule has 4 rings (SSSR count). The fourth-order valence-corrected chi connectivity index (χ4v) is 5.54. The lowest BCUT2D eigenvalue weighted by molar-refractivity contribution is 0.0628. The largest absolute Gasteiger partial charge is 0.336 e. The van der Waals surface area contributed by atoms with Crippen LogP contribution in [0.1, 0.15) is 28.4 Å². The Labute approximate surface area is 172 Å². The average Bonchev–Trinajstić information content (AvgIpc) is 3.04. The van der Waals surface area contributed by atoms with E-state index in [1.807, 2.05) is 30.0 Å². The second-order valence-corrected chi connectivity index (χ2v) is 9.74. The molecule has 0 saturated carbocycles. The molecule has 3 heterocycles. The number of carbonyl (C=O) groups excluding carboxylic acids is 1. The highest BCUT2D eigenvalue weighted by molar-refractivity contribution is 7.92. The van der Waals surface area contributed by atoms with E-state index >= 15 is 0 Å². The number of hydrogen-bond acceptors (Lipinski definition) is 5. The minimum absolute atomic E-state index is 0.0156. The van der Waals surface area contributed by atoms with Gasteiger partial charge in [-0.15, -0.1) is 0 Å². The molecule has 29 heavy (non-hydrogen) atoms. The maximum absolute atomic E-state index is 13.0. The molecule has 8 heteroatoms. The summed E-state index contributed by atoms with van der Waals surface area (Å²) in [5, 5.41) is 0. The number of pyridine rings is 1. The lowest BCUT2D eigenvalue weighted by Gasteiger charge is -2.34. The van der Waals surface area contributed by atoms with E-state index in [4.69, 9.17) is 0 Å². The van der Waals surface area contributed by atoms with Gasteiger partial charge in [-0.3, -0.25) is 19.0 Å². The Hall–Kier alpha value is -2.45. The summed E-state index contributed by atoms with van der Waals surface area (Å²) >= 11 is 0.